The van der Waals surface area contributed by atoms with Gasteiger partial charge in [-0.1, -0.05) is 42.5 Å². The molecule has 2 aromatic rings. The normalized spacial score (nSPS) is 14.6. The molecular formula is C19H25ClN2O2S. The van der Waals surface area contributed by atoms with Crippen LogP contribution in [0.4, 0.5) is 0 Å². The molecule has 0 atom stereocenters. The molecule has 0 amide bonds. The first-order chi connectivity index (χ1) is 11.6. The Labute approximate surface area is 156 Å². The monoisotopic (exact) mass is 380 g/mol. The van der Waals surface area contributed by atoms with Crippen LogP contribution in [0, 0.1) is 0 Å². The maximum atomic E-state index is 12.1. The van der Waals surface area contributed by atoms with Crippen LogP contribution in [0.5, 0.6) is 0 Å². The van der Waals surface area contributed by atoms with Crippen LogP contribution in [-0.4, -0.2) is 33.0 Å². The Morgan fingerprint density at radius 3 is 2.36 bits per heavy atom. The van der Waals surface area contributed by atoms with Crippen LogP contribution in [0.2, 0.25) is 0 Å². The van der Waals surface area contributed by atoms with Gasteiger partial charge in [-0.25, -0.2) is 13.1 Å². The van der Waals surface area contributed by atoms with Gasteiger partial charge in [0.2, 0.25) is 10.0 Å². The third-order valence-corrected chi connectivity index (χ3v) is 5.93. The van der Waals surface area contributed by atoms with Gasteiger partial charge in [-0.2, -0.15) is 0 Å². The maximum absolute atomic E-state index is 12.1. The molecule has 136 valence electrons. The topological polar surface area (TPSA) is 49.4 Å². The van der Waals surface area contributed by atoms with E-state index < -0.39 is 10.0 Å². The molecule has 2 aromatic carbocycles. The molecule has 1 aliphatic heterocycles. The summed E-state index contributed by atoms with van der Waals surface area (Å²) in [4.78, 5) is 2.78. The Morgan fingerprint density at radius 1 is 0.920 bits per heavy atom. The van der Waals surface area contributed by atoms with Gasteiger partial charge in [0, 0.05) is 19.6 Å². The molecular weight excluding hydrogens is 356 g/mol. The van der Waals surface area contributed by atoms with E-state index in [-0.39, 0.29) is 12.4 Å². The Kier molecular flexibility index (Phi) is 7.44. The van der Waals surface area contributed by atoms with Crippen molar-refractivity contribution in [2.45, 2.75) is 30.7 Å². The number of rotatable bonds is 7. The summed E-state index contributed by atoms with van der Waals surface area (Å²) in [5.41, 5.74) is 2.89. The summed E-state index contributed by atoms with van der Waals surface area (Å²) in [5, 5.41) is 0. The minimum atomic E-state index is -3.37. The standard InChI is InChI=1S/C19H24N2O2S.ClH/c22-24(23,19-10-2-1-3-11-19)20-13-6-7-14-21-15-12-17-8-4-5-9-18(17)16-21;/h1-5,8-11,20H,6-7,12-16H2;1H. The van der Waals surface area contributed by atoms with E-state index in [0.717, 1.165) is 38.9 Å². The molecule has 3 rings (SSSR count). The average molecular weight is 381 g/mol. The Morgan fingerprint density at radius 2 is 1.60 bits per heavy atom. The average Bonchev–Trinajstić information content (AvgIpc) is 2.62. The number of unbranched alkanes of at least 4 members (excludes halogenated alkanes) is 1. The quantitative estimate of drug-likeness (QED) is 0.750. The maximum Gasteiger partial charge on any atom is 0.240 e. The Balaban J connectivity index is 0.00000225. The minimum Gasteiger partial charge on any atom is -0.299 e. The van der Waals surface area contributed by atoms with E-state index >= 15 is 0 Å². The van der Waals surface area contributed by atoms with E-state index in [1.807, 2.05) is 6.07 Å². The van der Waals surface area contributed by atoms with E-state index in [0.29, 0.717) is 11.4 Å². The predicted octanol–water partition coefficient (Wildman–Crippen LogP) is 3.23. The first kappa shape index (κ1) is 19.9. The molecule has 0 aliphatic carbocycles. The van der Waals surface area contributed by atoms with E-state index in [4.69, 9.17) is 0 Å². The molecule has 0 fully saturated rings. The third-order valence-electron chi connectivity index (χ3n) is 4.46. The van der Waals surface area contributed by atoms with Gasteiger partial charge in [0.25, 0.3) is 0 Å². The summed E-state index contributed by atoms with van der Waals surface area (Å²) in [7, 11) is -3.37. The second-order valence-corrected chi connectivity index (χ2v) is 7.98. The summed E-state index contributed by atoms with van der Waals surface area (Å²) in [6.07, 6.45) is 2.96. The lowest BCUT2D eigenvalue weighted by molar-refractivity contribution is 0.249. The largest absolute Gasteiger partial charge is 0.299 e. The summed E-state index contributed by atoms with van der Waals surface area (Å²) in [6.45, 7) is 3.60. The lowest BCUT2D eigenvalue weighted by atomic mass is 10.00. The van der Waals surface area contributed by atoms with E-state index in [9.17, 15) is 8.42 Å². The highest BCUT2D eigenvalue weighted by atomic mass is 35.5. The van der Waals surface area contributed by atoms with E-state index in [2.05, 4.69) is 33.9 Å². The molecule has 25 heavy (non-hydrogen) atoms. The number of sulfonamides is 1. The van der Waals surface area contributed by atoms with Gasteiger partial charge in [0.1, 0.15) is 0 Å². The molecule has 0 spiro atoms. The van der Waals surface area contributed by atoms with Crippen LogP contribution < -0.4 is 4.72 Å². The van der Waals surface area contributed by atoms with Crippen LogP contribution in [0.1, 0.15) is 24.0 Å². The van der Waals surface area contributed by atoms with Crippen molar-refractivity contribution in [1.82, 2.24) is 9.62 Å². The smallest absolute Gasteiger partial charge is 0.240 e. The van der Waals surface area contributed by atoms with Gasteiger partial charge in [-0.15, -0.1) is 12.4 Å². The lowest BCUT2D eigenvalue weighted by Gasteiger charge is -2.28. The van der Waals surface area contributed by atoms with E-state index in [1.54, 1.807) is 24.3 Å². The summed E-state index contributed by atoms with van der Waals surface area (Å²) in [5.74, 6) is 0. The van der Waals surface area contributed by atoms with Crippen molar-refractivity contribution in [2.75, 3.05) is 19.6 Å². The van der Waals surface area contributed by atoms with Gasteiger partial charge < -0.3 is 0 Å². The highest BCUT2D eigenvalue weighted by Crippen LogP contribution is 2.18. The zero-order chi connectivity index (χ0) is 16.8. The molecule has 0 unspecified atom stereocenters. The molecule has 4 nitrogen and oxygen atoms in total. The first-order valence-corrected chi connectivity index (χ1v) is 9.97. The fourth-order valence-corrected chi connectivity index (χ4v) is 4.19. The summed E-state index contributed by atoms with van der Waals surface area (Å²) >= 11 is 0. The summed E-state index contributed by atoms with van der Waals surface area (Å²) in [6, 6.07) is 17.1. The van der Waals surface area contributed by atoms with E-state index in [1.165, 1.54) is 11.1 Å². The molecule has 0 saturated carbocycles. The van der Waals surface area contributed by atoms with Crippen LogP contribution in [-0.2, 0) is 23.0 Å². The molecule has 1 aliphatic rings. The van der Waals surface area contributed by atoms with Crippen molar-refractivity contribution >= 4 is 22.4 Å². The number of hydrogen-bond acceptors (Lipinski definition) is 3. The van der Waals surface area contributed by atoms with Gasteiger partial charge in [-0.05, 0) is 49.1 Å². The molecule has 0 saturated heterocycles. The molecule has 0 aromatic heterocycles. The second-order valence-electron chi connectivity index (χ2n) is 6.21. The van der Waals surface area contributed by atoms with Crippen molar-refractivity contribution in [3.8, 4) is 0 Å². The van der Waals surface area contributed by atoms with Gasteiger partial charge >= 0.3 is 0 Å². The molecule has 6 heteroatoms. The summed E-state index contributed by atoms with van der Waals surface area (Å²) < 4.78 is 26.9. The van der Waals surface area contributed by atoms with Crippen molar-refractivity contribution in [3.63, 3.8) is 0 Å². The fourth-order valence-electron chi connectivity index (χ4n) is 3.09. The number of hydrogen-bond donors (Lipinski definition) is 1. The molecule has 0 radical (unpaired) electrons. The van der Waals surface area contributed by atoms with Crippen LogP contribution in [0.15, 0.2) is 59.5 Å². The number of halogens is 1. The zero-order valence-corrected chi connectivity index (χ0v) is 15.9. The molecule has 1 heterocycles. The van der Waals surface area contributed by atoms with Crippen LogP contribution in [0.3, 0.4) is 0 Å². The van der Waals surface area contributed by atoms with Crippen molar-refractivity contribution in [3.05, 3.63) is 65.7 Å². The van der Waals surface area contributed by atoms with Crippen LogP contribution in [0.25, 0.3) is 0 Å². The number of benzene rings is 2. The van der Waals surface area contributed by atoms with Crippen LogP contribution >= 0.6 is 12.4 Å². The lowest BCUT2D eigenvalue weighted by Crippen LogP contribution is -2.32. The van der Waals surface area contributed by atoms with Gasteiger partial charge in [0.05, 0.1) is 4.90 Å². The van der Waals surface area contributed by atoms with Gasteiger partial charge in [0.15, 0.2) is 0 Å². The minimum absolute atomic E-state index is 0. The number of nitrogens with one attached hydrogen (secondary N) is 1. The highest BCUT2D eigenvalue weighted by Gasteiger charge is 2.15. The zero-order valence-electron chi connectivity index (χ0n) is 14.2. The molecule has 1 N–H and O–H groups in total. The number of nitrogens with zero attached hydrogens (tertiary/aromatic N) is 1. The second kappa shape index (κ2) is 9.34. The van der Waals surface area contributed by atoms with Crippen molar-refractivity contribution in [1.29, 1.82) is 0 Å². The Hall–Kier alpha value is -1.40. The fraction of sp³-hybridized carbons (Fsp3) is 0.368. The Bertz CT molecular complexity index is 766. The third kappa shape index (κ3) is 5.54. The van der Waals surface area contributed by atoms with Gasteiger partial charge in [-0.3, -0.25) is 4.90 Å². The highest BCUT2D eigenvalue weighted by molar-refractivity contribution is 7.89. The predicted molar refractivity (Wildman–Crippen MR) is 104 cm³/mol. The molecule has 0 bridgehead atoms. The van der Waals surface area contributed by atoms with Crippen molar-refractivity contribution < 1.29 is 8.42 Å². The SMILES string of the molecule is Cl.O=S(=O)(NCCCCN1CCc2ccccc2C1)c1ccccc1. The first-order valence-electron chi connectivity index (χ1n) is 8.49. The number of fused-ring (bicyclic) bond motifs is 1. The van der Waals surface area contributed by atoms with Crippen molar-refractivity contribution in [2.24, 2.45) is 0 Å².